The van der Waals surface area contributed by atoms with Crippen LogP contribution in [0.4, 0.5) is 11.4 Å². The number of anilines is 2. The summed E-state index contributed by atoms with van der Waals surface area (Å²) in [6.45, 7) is 8.43. The van der Waals surface area contributed by atoms with Crippen LogP contribution < -0.4 is 11.1 Å². The molecule has 3 N–H and O–H groups in total. The molecule has 2 rings (SSSR count). The van der Waals surface area contributed by atoms with E-state index in [0.717, 1.165) is 31.9 Å². The van der Waals surface area contributed by atoms with Gasteiger partial charge in [-0.1, -0.05) is 13.8 Å². The minimum atomic E-state index is 0.586. The van der Waals surface area contributed by atoms with Gasteiger partial charge < -0.3 is 16.0 Å². The number of rotatable bonds is 7. The van der Waals surface area contributed by atoms with Crippen LogP contribution in [0.5, 0.6) is 0 Å². The third kappa shape index (κ3) is 3.14. The third-order valence-corrected chi connectivity index (χ3v) is 3.18. The van der Waals surface area contributed by atoms with E-state index < -0.39 is 0 Å². The SMILES string of the molecule is CCCN(CC)CCNc1ccc(N)c2nonc12. The highest BCUT2D eigenvalue weighted by Gasteiger charge is 2.09. The van der Waals surface area contributed by atoms with Gasteiger partial charge in [-0.15, -0.1) is 0 Å². The second-order valence-corrected chi connectivity index (χ2v) is 4.52. The first-order valence-electron chi connectivity index (χ1n) is 6.73. The van der Waals surface area contributed by atoms with Crippen molar-refractivity contribution in [3.8, 4) is 0 Å². The molecule has 6 nitrogen and oxygen atoms in total. The average Bonchev–Trinajstić information content (AvgIpc) is 2.90. The van der Waals surface area contributed by atoms with E-state index in [4.69, 9.17) is 10.4 Å². The number of likely N-dealkylation sites (N-methyl/N-ethyl adjacent to an activating group) is 1. The molecule has 0 fully saturated rings. The molecule has 1 aromatic heterocycles. The Labute approximate surface area is 112 Å². The molecule has 104 valence electrons. The number of fused-ring (bicyclic) bond motifs is 1. The summed E-state index contributed by atoms with van der Waals surface area (Å²) in [5.41, 5.74) is 8.62. The Morgan fingerprint density at radius 1 is 1.21 bits per heavy atom. The molecule has 0 amide bonds. The normalized spacial score (nSPS) is 11.3. The Kier molecular flexibility index (Phi) is 4.57. The van der Waals surface area contributed by atoms with Crippen molar-refractivity contribution < 1.29 is 4.63 Å². The van der Waals surface area contributed by atoms with Crippen molar-refractivity contribution >= 4 is 22.4 Å². The quantitative estimate of drug-likeness (QED) is 0.743. The largest absolute Gasteiger partial charge is 0.397 e. The average molecular weight is 263 g/mol. The molecule has 0 saturated carbocycles. The summed E-state index contributed by atoms with van der Waals surface area (Å²) in [5, 5.41) is 11.1. The fraction of sp³-hybridized carbons (Fsp3) is 0.538. The van der Waals surface area contributed by atoms with E-state index in [1.54, 1.807) is 0 Å². The van der Waals surface area contributed by atoms with Crippen LogP contribution >= 0.6 is 0 Å². The van der Waals surface area contributed by atoms with E-state index in [9.17, 15) is 0 Å². The highest BCUT2D eigenvalue weighted by molar-refractivity contribution is 5.94. The second kappa shape index (κ2) is 6.38. The second-order valence-electron chi connectivity index (χ2n) is 4.52. The number of nitrogens with one attached hydrogen (secondary N) is 1. The molecule has 6 heteroatoms. The number of nitrogens with zero attached hydrogens (tertiary/aromatic N) is 3. The monoisotopic (exact) mass is 263 g/mol. The highest BCUT2D eigenvalue weighted by atomic mass is 16.6. The molecule has 0 aliphatic heterocycles. The molecule has 0 aliphatic carbocycles. The van der Waals surface area contributed by atoms with Gasteiger partial charge in [0.05, 0.1) is 11.4 Å². The van der Waals surface area contributed by atoms with Crippen molar-refractivity contribution in [2.24, 2.45) is 0 Å². The molecule has 0 aliphatic rings. The summed E-state index contributed by atoms with van der Waals surface area (Å²) in [7, 11) is 0. The van der Waals surface area contributed by atoms with Gasteiger partial charge in [-0.3, -0.25) is 0 Å². The molecular formula is C13H21N5O. The van der Waals surface area contributed by atoms with Crippen LogP contribution in [0.3, 0.4) is 0 Å². The van der Waals surface area contributed by atoms with Crippen molar-refractivity contribution in [3.63, 3.8) is 0 Å². The third-order valence-electron chi connectivity index (χ3n) is 3.18. The van der Waals surface area contributed by atoms with Crippen LogP contribution in [0, 0.1) is 0 Å². The van der Waals surface area contributed by atoms with E-state index in [-0.39, 0.29) is 0 Å². The number of nitrogen functional groups attached to an aromatic ring is 1. The van der Waals surface area contributed by atoms with Crippen molar-refractivity contribution in [3.05, 3.63) is 12.1 Å². The molecule has 0 radical (unpaired) electrons. The van der Waals surface area contributed by atoms with Gasteiger partial charge in [0.15, 0.2) is 11.0 Å². The van der Waals surface area contributed by atoms with Crippen LogP contribution in [0.15, 0.2) is 16.8 Å². The van der Waals surface area contributed by atoms with Crippen LogP contribution in [0.2, 0.25) is 0 Å². The van der Waals surface area contributed by atoms with E-state index in [2.05, 4.69) is 34.4 Å². The van der Waals surface area contributed by atoms with Gasteiger partial charge >= 0.3 is 0 Å². The summed E-state index contributed by atoms with van der Waals surface area (Å²) < 4.78 is 4.74. The fourth-order valence-electron chi connectivity index (χ4n) is 2.12. The van der Waals surface area contributed by atoms with E-state index >= 15 is 0 Å². The smallest absolute Gasteiger partial charge is 0.160 e. The lowest BCUT2D eigenvalue weighted by molar-refractivity contribution is 0.300. The topological polar surface area (TPSA) is 80.2 Å². The predicted octanol–water partition coefficient (Wildman–Crippen LogP) is 1.95. The summed E-state index contributed by atoms with van der Waals surface area (Å²) >= 11 is 0. The molecule has 1 heterocycles. The summed E-state index contributed by atoms with van der Waals surface area (Å²) in [4.78, 5) is 2.41. The minimum absolute atomic E-state index is 0.586. The lowest BCUT2D eigenvalue weighted by Crippen LogP contribution is -2.29. The number of hydrogen-bond acceptors (Lipinski definition) is 6. The van der Waals surface area contributed by atoms with Crippen molar-refractivity contribution in [1.82, 2.24) is 15.2 Å². The van der Waals surface area contributed by atoms with Crippen LogP contribution in [-0.2, 0) is 0 Å². The molecule has 2 aromatic rings. The Morgan fingerprint density at radius 3 is 2.74 bits per heavy atom. The maximum absolute atomic E-state index is 5.81. The molecule has 0 spiro atoms. The maximum atomic E-state index is 5.81. The zero-order chi connectivity index (χ0) is 13.7. The molecule has 0 bridgehead atoms. The van der Waals surface area contributed by atoms with Crippen LogP contribution in [0.25, 0.3) is 11.0 Å². The predicted molar refractivity (Wildman–Crippen MR) is 77.1 cm³/mol. The van der Waals surface area contributed by atoms with Gasteiger partial charge in [-0.2, -0.15) is 0 Å². The molecule has 0 saturated heterocycles. The van der Waals surface area contributed by atoms with Crippen molar-refractivity contribution in [2.75, 3.05) is 37.2 Å². The Morgan fingerprint density at radius 2 is 2.00 bits per heavy atom. The molecule has 1 aromatic carbocycles. The molecule has 0 unspecified atom stereocenters. The first-order valence-corrected chi connectivity index (χ1v) is 6.73. The number of benzene rings is 1. The van der Waals surface area contributed by atoms with Gasteiger partial charge in [-0.05, 0) is 42.0 Å². The van der Waals surface area contributed by atoms with Gasteiger partial charge in [-0.25, -0.2) is 4.63 Å². The van der Waals surface area contributed by atoms with Crippen LogP contribution in [-0.4, -0.2) is 41.4 Å². The van der Waals surface area contributed by atoms with E-state index in [1.807, 2.05) is 12.1 Å². The fourth-order valence-corrected chi connectivity index (χ4v) is 2.12. The first kappa shape index (κ1) is 13.6. The van der Waals surface area contributed by atoms with Gasteiger partial charge in [0, 0.05) is 13.1 Å². The molecule has 0 atom stereocenters. The Bertz CT molecular complexity index is 525. The Hall–Kier alpha value is -1.82. The van der Waals surface area contributed by atoms with E-state index in [0.29, 0.717) is 16.7 Å². The highest BCUT2D eigenvalue weighted by Crippen LogP contribution is 2.24. The number of hydrogen-bond donors (Lipinski definition) is 2. The number of nitrogens with two attached hydrogens (primary N) is 1. The lowest BCUT2D eigenvalue weighted by Gasteiger charge is -2.19. The summed E-state index contributed by atoms with van der Waals surface area (Å²) in [6, 6.07) is 3.73. The van der Waals surface area contributed by atoms with Gasteiger partial charge in [0.2, 0.25) is 0 Å². The zero-order valence-electron chi connectivity index (χ0n) is 11.5. The molecule has 19 heavy (non-hydrogen) atoms. The molecular weight excluding hydrogens is 242 g/mol. The number of aromatic nitrogens is 2. The Balaban J connectivity index is 1.98. The summed E-state index contributed by atoms with van der Waals surface area (Å²) in [5.74, 6) is 0. The zero-order valence-corrected chi connectivity index (χ0v) is 11.5. The van der Waals surface area contributed by atoms with Gasteiger partial charge in [0.25, 0.3) is 0 Å². The maximum Gasteiger partial charge on any atom is 0.160 e. The van der Waals surface area contributed by atoms with Crippen molar-refractivity contribution in [1.29, 1.82) is 0 Å². The lowest BCUT2D eigenvalue weighted by atomic mass is 10.2. The summed E-state index contributed by atoms with van der Waals surface area (Å²) in [6.07, 6.45) is 1.17. The van der Waals surface area contributed by atoms with Gasteiger partial charge in [0.1, 0.15) is 0 Å². The minimum Gasteiger partial charge on any atom is -0.397 e. The van der Waals surface area contributed by atoms with E-state index in [1.165, 1.54) is 6.42 Å². The van der Waals surface area contributed by atoms with Crippen LogP contribution in [0.1, 0.15) is 20.3 Å². The first-order chi connectivity index (χ1) is 9.26. The standard InChI is InChI=1S/C13H21N5O/c1-3-8-18(4-2)9-7-15-11-6-5-10(14)12-13(11)17-19-16-12/h5-6,15H,3-4,7-9,14H2,1-2H3. The van der Waals surface area contributed by atoms with Crippen molar-refractivity contribution in [2.45, 2.75) is 20.3 Å².